The molecule has 0 aliphatic carbocycles. The van der Waals surface area contributed by atoms with Crippen LogP contribution in [0.15, 0.2) is 29.2 Å². The third-order valence-electron chi connectivity index (χ3n) is 5.21. The molecular formula is C20H32N2O3S. The second-order valence-electron chi connectivity index (χ2n) is 8.10. The molecule has 1 fully saturated rings. The third kappa shape index (κ3) is 4.86. The first-order valence-corrected chi connectivity index (χ1v) is 11.0. The highest BCUT2D eigenvalue weighted by Crippen LogP contribution is 2.24. The Labute approximate surface area is 158 Å². The van der Waals surface area contributed by atoms with Gasteiger partial charge in [-0.2, -0.15) is 4.31 Å². The molecule has 1 heterocycles. The summed E-state index contributed by atoms with van der Waals surface area (Å²) in [5.41, 5.74) is 0.391. The number of hydrogen-bond donors (Lipinski definition) is 1. The lowest BCUT2D eigenvalue weighted by atomic mass is 9.93. The number of nitrogens with one attached hydrogen (secondary N) is 1. The summed E-state index contributed by atoms with van der Waals surface area (Å²) in [6, 6.07) is 6.44. The molecule has 0 unspecified atom stereocenters. The maximum atomic E-state index is 12.9. The number of amides is 1. The smallest absolute Gasteiger partial charge is 0.251 e. The fourth-order valence-electron chi connectivity index (χ4n) is 3.51. The van der Waals surface area contributed by atoms with Gasteiger partial charge in [0, 0.05) is 24.7 Å². The number of piperidine rings is 1. The topological polar surface area (TPSA) is 66.5 Å². The molecule has 0 saturated carbocycles. The standard InChI is InChI=1S/C20H32N2O3S/c1-14(2)19(15(3)4)21-20(23)17-7-6-8-18(13-17)26(24,25)22-11-9-16(5)10-12-22/h6-8,13-16,19H,9-12H2,1-5H3,(H,21,23). The van der Waals surface area contributed by atoms with Gasteiger partial charge in [0.05, 0.1) is 4.90 Å². The quantitative estimate of drug-likeness (QED) is 0.821. The number of carbonyl (C=O) groups is 1. The summed E-state index contributed by atoms with van der Waals surface area (Å²) >= 11 is 0. The van der Waals surface area contributed by atoms with E-state index in [2.05, 4.69) is 39.9 Å². The Morgan fingerprint density at radius 2 is 1.69 bits per heavy atom. The fraction of sp³-hybridized carbons (Fsp3) is 0.650. The number of carbonyl (C=O) groups excluding carboxylic acids is 1. The predicted octanol–water partition coefficient (Wildman–Crippen LogP) is 3.52. The predicted molar refractivity (Wildman–Crippen MR) is 105 cm³/mol. The number of benzene rings is 1. The summed E-state index contributed by atoms with van der Waals surface area (Å²) in [6.45, 7) is 11.5. The average molecular weight is 381 g/mol. The van der Waals surface area contributed by atoms with Gasteiger partial charge in [0.2, 0.25) is 10.0 Å². The second kappa shape index (κ2) is 8.53. The fourth-order valence-corrected chi connectivity index (χ4v) is 5.03. The number of sulfonamides is 1. The molecule has 1 N–H and O–H groups in total. The van der Waals surface area contributed by atoms with E-state index in [1.165, 1.54) is 10.4 Å². The van der Waals surface area contributed by atoms with E-state index in [4.69, 9.17) is 0 Å². The molecule has 0 atom stereocenters. The lowest BCUT2D eigenvalue weighted by molar-refractivity contribution is 0.0910. The molecule has 0 bridgehead atoms. The van der Waals surface area contributed by atoms with E-state index >= 15 is 0 Å². The molecule has 0 radical (unpaired) electrons. The van der Waals surface area contributed by atoms with Gasteiger partial charge < -0.3 is 5.32 Å². The zero-order valence-corrected chi connectivity index (χ0v) is 17.3. The number of rotatable bonds is 6. The van der Waals surface area contributed by atoms with Crippen molar-refractivity contribution >= 4 is 15.9 Å². The van der Waals surface area contributed by atoms with Crippen LogP contribution in [-0.2, 0) is 10.0 Å². The lowest BCUT2D eigenvalue weighted by Crippen LogP contribution is -2.42. The van der Waals surface area contributed by atoms with Gasteiger partial charge in [0.1, 0.15) is 0 Å². The van der Waals surface area contributed by atoms with Crippen LogP contribution in [0.5, 0.6) is 0 Å². The van der Waals surface area contributed by atoms with Crippen LogP contribution < -0.4 is 5.32 Å². The van der Waals surface area contributed by atoms with Gasteiger partial charge in [-0.1, -0.05) is 40.7 Å². The summed E-state index contributed by atoms with van der Waals surface area (Å²) in [7, 11) is -3.55. The van der Waals surface area contributed by atoms with Crippen LogP contribution in [0.1, 0.15) is 57.8 Å². The van der Waals surface area contributed by atoms with E-state index in [-0.39, 0.29) is 16.8 Å². The maximum Gasteiger partial charge on any atom is 0.251 e. The van der Waals surface area contributed by atoms with Gasteiger partial charge in [0.15, 0.2) is 0 Å². The highest BCUT2D eigenvalue weighted by molar-refractivity contribution is 7.89. The van der Waals surface area contributed by atoms with Crippen molar-refractivity contribution in [3.8, 4) is 0 Å². The van der Waals surface area contributed by atoms with E-state index in [1.54, 1.807) is 18.2 Å². The van der Waals surface area contributed by atoms with E-state index < -0.39 is 10.0 Å². The van der Waals surface area contributed by atoms with Gasteiger partial charge in [-0.15, -0.1) is 0 Å². The second-order valence-corrected chi connectivity index (χ2v) is 10.0. The van der Waals surface area contributed by atoms with E-state index in [0.29, 0.717) is 36.4 Å². The first kappa shape index (κ1) is 20.9. The molecule has 1 aromatic rings. The van der Waals surface area contributed by atoms with Gasteiger partial charge in [-0.25, -0.2) is 8.42 Å². The summed E-state index contributed by atoms with van der Waals surface area (Å²) in [5, 5.41) is 3.05. The first-order chi connectivity index (χ1) is 12.1. The Morgan fingerprint density at radius 3 is 2.23 bits per heavy atom. The van der Waals surface area contributed by atoms with Gasteiger partial charge in [-0.05, 0) is 48.8 Å². The molecular weight excluding hydrogens is 348 g/mol. The van der Waals surface area contributed by atoms with Crippen molar-refractivity contribution in [3.63, 3.8) is 0 Å². The zero-order chi connectivity index (χ0) is 19.5. The molecule has 1 saturated heterocycles. The molecule has 6 heteroatoms. The molecule has 0 aromatic heterocycles. The monoisotopic (exact) mass is 380 g/mol. The van der Waals surface area contributed by atoms with Crippen LogP contribution in [0.4, 0.5) is 0 Å². The molecule has 1 aliphatic rings. The lowest BCUT2D eigenvalue weighted by Gasteiger charge is -2.29. The normalized spacial score (nSPS) is 17.2. The van der Waals surface area contributed by atoms with Crippen LogP contribution in [0.25, 0.3) is 0 Å². The number of nitrogens with zero attached hydrogens (tertiary/aromatic N) is 1. The van der Waals surface area contributed by atoms with Gasteiger partial charge >= 0.3 is 0 Å². The number of hydrogen-bond acceptors (Lipinski definition) is 3. The molecule has 5 nitrogen and oxygen atoms in total. The Balaban J connectivity index is 2.20. The first-order valence-electron chi connectivity index (χ1n) is 9.54. The van der Waals surface area contributed by atoms with Gasteiger partial charge in [0.25, 0.3) is 5.91 Å². The molecule has 1 aromatic carbocycles. The van der Waals surface area contributed by atoms with Crippen LogP contribution in [0, 0.1) is 17.8 Å². The molecule has 0 spiro atoms. The minimum Gasteiger partial charge on any atom is -0.349 e. The molecule has 26 heavy (non-hydrogen) atoms. The Bertz CT molecular complexity index is 712. The van der Waals surface area contributed by atoms with Crippen molar-refractivity contribution in [2.45, 2.75) is 58.4 Å². The summed E-state index contributed by atoms with van der Waals surface area (Å²) in [6.07, 6.45) is 1.76. The molecule has 1 amide bonds. The van der Waals surface area contributed by atoms with Crippen molar-refractivity contribution in [1.29, 1.82) is 0 Å². The molecule has 146 valence electrons. The summed E-state index contributed by atoms with van der Waals surface area (Å²) in [5.74, 6) is 0.951. The van der Waals surface area contributed by atoms with Crippen molar-refractivity contribution in [1.82, 2.24) is 9.62 Å². The molecule has 2 rings (SSSR count). The highest BCUT2D eigenvalue weighted by Gasteiger charge is 2.29. The van der Waals surface area contributed by atoms with Crippen LogP contribution in [0.3, 0.4) is 0 Å². The largest absolute Gasteiger partial charge is 0.349 e. The maximum absolute atomic E-state index is 12.9. The van der Waals surface area contributed by atoms with Crippen molar-refractivity contribution in [2.24, 2.45) is 17.8 Å². The van der Waals surface area contributed by atoms with Crippen molar-refractivity contribution in [2.75, 3.05) is 13.1 Å². The summed E-state index contributed by atoms with van der Waals surface area (Å²) < 4.78 is 27.3. The van der Waals surface area contributed by atoms with Gasteiger partial charge in [-0.3, -0.25) is 4.79 Å². The van der Waals surface area contributed by atoms with Crippen LogP contribution >= 0.6 is 0 Å². The Morgan fingerprint density at radius 1 is 1.12 bits per heavy atom. The van der Waals surface area contributed by atoms with Crippen LogP contribution in [0.2, 0.25) is 0 Å². The summed E-state index contributed by atoms with van der Waals surface area (Å²) in [4.78, 5) is 12.8. The third-order valence-corrected chi connectivity index (χ3v) is 7.11. The molecule has 1 aliphatic heterocycles. The van der Waals surface area contributed by atoms with Crippen molar-refractivity contribution in [3.05, 3.63) is 29.8 Å². The average Bonchev–Trinajstić information content (AvgIpc) is 2.59. The van der Waals surface area contributed by atoms with Crippen molar-refractivity contribution < 1.29 is 13.2 Å². The van der Waals surface area contributed by atoms with Crippen LogP contribution in [-0.4, -0.2) is 37.8 Å². The minimum absolute atomic E-state index is 0.0475. The van der Waals surface area contributed by atoms with E-state index in [9.17, 15) is 13.2 Å². The Kier molecular flexibility index (Phi) is 6.86. The Hall–Kier alpha value is -1.40. The minimum atomic E-state index is -3.55. The SMILES string of the molecule is CC1CCN(S(=O)(=O)c2cccc(C(=O)NC(C(C)C)C(C)C)c2)CC1. The zero-order valence-electron chi connectivity index (χ0n) is 16.5. The van der Waals surface area contributed by atoms with E-state index in [0.717, 1.165) is 12.8 Å². The van der Waals surface area contributed by atoms with E-state index in [1.807, 2.05) is 0 Å². The highest BCUT2D eigenvalue weighted by atomic mass is 32.2.